The largest absolute Gasteiger partial charge is 0.504 e. The minimum atomic E-state index is -2.70. The summed E-state index contributed by atoms with van der Waals surface area (Å²) in [5, 5.41) is 157. The quantitative estimate of drug-likeness (QED) is 0.0621. The van der Waals surface area contributed by atoms with Crippen LogP contribution in [0.2, 0.25) is 0 Å². The second-order valence-electron chi connectivity index (χ2n) is 15.2. The van der Waals surface area contributed by atoms with Crippen molar-refractivity contribution >= 4 is 41.8 Å². The zero-order valence-electron chi connectivity index (χ0n) is 33.9. The Balaban J connectivity index is 1.40. The Kier molecular flexibility index (Phi) is 12.1. The zero-order chi connectivity index (χ0) is 50.8. The van der Waals surface area contributed by atoms with Gasteiger partial charge in [0.15, 0.2) is 70.1 Å². The highest BCUT2D eigenvalue weighted by Gasteiger charge is 2.55. The number of phenolic OH excluding ortho intramolecular Hbond substituents is 12. The molecule has 0 aromatic heterocycles. The van der Waals surface area contributed by atoms with Crippen LogP contribution in [0.3, 0.4) is 0 Å². The molecule has 364 valence electrons. The normalized spacial score (nSPS) is 22.3. The molecule has 15 N–H and O–H groups in total. The van der Waals surface area contributed by atoms with E-state index < -0.39 is 211 Å². The van der Waals surface area contributed by atoms with Gasteiger partial charge in [-0.05, 0) is 30.3 Å². The molecule has 8 atom stereocenters. The van der Waals surface area contributed by atoms with E-state index in [1.165, 1.54) is 0 Å². The highest BCUT2D eigenvalue weighted by atomic mass is 16.7. The van der Waals surface area contributed by atoms with Crippen molar-refractivity contribution < 1.29 is 139 Å². The maximum atomic E-state index is 14.5. The molecule has 4 aromatic carbocycles. The van der Waals surface area contributed by atoms with E-state index in [0.717, 1.165) is 0 Å². The number of phenols is 12. The summed E-state index contributed by atoms with van der Waals surface area (Å²) < 4.78 is 32.2. The third-order valence-electron chi connectivity index (χ3n) is 11.0. The Morgan fingerprint density at radius 1 is 0.609 bits per heavy atom. The second kappa shape index (κ2) is 17.5. The zero-order valence-corrected chi connectivity index (χ0v) is 33.9. The summed E-state index contributed by atoms with van der Waals surface area (Å²) in [5.74, 6) is -33.3. The first-order valence-electron chi connectivity index (χ1n) is 19.2. The predicted octanol–water partition coefficient (Wildman–Crippen LogP) is -0.131. The summed E-state index contributed by atoms with van der Waals surface area (Å²) in [5.41, 5.74) is -7.14. The smallest absolute Gasteiger partial charge is 0.345 e. The fourth-order valence-corrected chi connectivity index (χ4v) is 7.79. The Labute approximate surface area is 380 Å². The number of carboxylic acids is 2. The van der Waals surface area contributed by atoms with Crippen molar-refractivity contribution in [3.05, 3.63) is 58.1 Å². The third-order valence-corrected chi connectivity index (χ3v) is 11.0. The van der Waals surface area contributed by atoms with Crippen LogP contribution in [0, 0.1) is 5.92 Å². The van der Waals surface area contributed by atoms with Gasteiger partial charge in [-0.25, -0.2) is 24.0 Å². The van der Waals surface area contributed by atoms with Gasteiger partial charge in [-0.2, -0.15) is 0 Å². The minimum absolute atomic E-state index is 0.332. The van der Waals surface area contributed by atoms with Gasteiger partial charge >= 0.3 is 41.8 Å². The van der Waals surface area contributed by atoms with Crippen LogP contribution in [-0.2, 0) is 42.8 Å². The molecule has 69 heavy (non-hydrogen) atoms. The molecule has 1 saturated heterocycles. The molecule has 0 radical (unpaired) electrons. The van der Waals surface area contributed by atoms with Crippen LogP contribution < -0.4 is 0 Å². The number of esters is 5. The lowest BCUT2D eigenvalue weighted by atomic mass is 9.76. The Morgan fingerprint density at radius 2 is 1.10 bits per heavy atom. The number of fused-ring (bicyclic) bond motifs is 6. The first-order chi connectivity index (χ1) is 32.3. The maximum Gasteiger partial charge on any atom is 0.345 e. The molecule has 28 heteroatoms. The average Bonchev–Trinajstić information content (AvgIpc) is 3.28. The SMILES string of the molecule is O=C(O)CC(C(=O)OC1C2COC(=O)c3cc(O)c(O)c(O)c3-c3c(cc(O)c(O)c3O)C(=O)OC1C(O)C(OC(=O)c1cc(O)c(O)c(O)c1)O2)C1c2c(cc(O)c(O)c2O)C(=O)OC1C(=O)O. The fourth-order valence-electron chi connectivity index (χ4n) is 7.79. The number of carbonyl (C=O) groups is 7. The summed E-state index contributed by atoms with van der Waals surface area (Å²) in [6, 6.07) is 2.33. The van der Waals surface area contributed by atoms with Gasteiger partial charge in [0.2, 0.25) is 29.6 Å². The van der Waals surface area contributed by atoms with Crippen LogP contribution in [0.25, 0.3) is 11.1 Å². The van der Waals surface area contributed by atoms with E-state index in [1.54, 1.807) is 0 Å². The number of aliphatic hydroxyl groups excluding tert-OH is 1. The van der Waals surface area contributed by atoms with Crippen LogP contribution >= 0.6 is 0 Å². The Hall–Kier alpha value is -9.31. The molecule has 8 unspecified atom stereocenters. The Bertz CT molecular complexity index is 2880. The maximum absolute atomic E-state index is 14.5. The van der Waals surface area contributed by atoms with E-state index in [-0.39, 0.29) is 0 Å². The molecule has 0 saturated carbocycles. The topological polar surface area (TPSA) is 478 Å². The molecule has 0 amide bonds. The number of carbonyl (C=O) groups excluding carboxylic acids is 5. The molecular weight excluding hydrogens is 940 g/mol. The number of aliphatic hydroxyl groups is 1. The summed E-state index contributed by atoms with van der Waals surface area (Å²) in [4.78, 5) is 94.0. The molecule has 0 spiro atoms. The highest BCUT2D eigenvalue weighted by Crippen LogP contribution is 2.54. The van der Waals surface area contributed by atoms with Crippen molar-refractivity contribution in [2.24, 2.45) is 5.92 Å². The number of hydrogen-bond acceptors (Lipinski definition) is 26. The molecule has 0 aliphatic carbocycles. The molecule has 3 aliphatic rings. The van der Waals surface area contributed by atoms with E-state index in [1.807, 2.05) is 0 Å². The van der Waals surface area contributed by atoms with Crippen molar-refractivity contribution in [3.8, 4) is 80.1 Å². The number of ether oxygens (including phenoxy) is 6. The number of aliphatic carboxylic acids is 2. The van der Waals surface area contributed by atoms with Crippen LogP contribution in [0.15, 0.2) is 30.3 Å². The molecule has 7 rings (SSSR count). The summed E-state index contributed by atoms with van der Waals surface area (Å²) in [6.45, 7) is -1.37. The van der Waals surface area contributed by atoms with Gasteiger partial charge in [-0.15, -0.1) is 0 Å². The standard InChI is InChI=1S/C41H32O28/c42-13-1-8(2-14(43)24(13)49)36(59)69-41-31(56)34-32(66-40(63)12(6-19(47)48)23-22-11(5-17(46)27(52)30(22)55)38(61)67-33(23)35(57)58)18(65-41)7-64-37(60)9-3-15(44)25(50)28(53)20(9)21-10(39(62)68-34)4-16(45)26(51)29(21)54/h1-5,12,18,23,31-34,41-46,49-56H,6-7H2,(H,47,48)(H,57,58). The first-order valence-corrected chi connectivity index (χ1v) is 19.2. The van der Waals surface area contributed by atoms with Crippen molar-refractivity contribution in [2.75, 3.05) is 6.61 Å². The van der Waals surface area contributed by atoms with Crippen molar-refractivity contribution in [1.29, 1.82) is 0 Å². The lowest BCUT2D eigenvalue weighted by molar-refractivity contribution is -0.288. The number of cyclic esters (lactones) is 2. The number of carboxylic acid groups (broad SMARTS) is 2. The van der Waals surface area contributed by atoms with Crippen LogP contribution in [0.5, 0.6) is 69.0 Å². The summed E-state index contributed by atoms with van der Waals surface area (Å²) in [6.07, 6.45) is -16.8. The highest BCUT2D eigenvalue weighted by molar-refractivity contribution is 6.08. The predicted molar refractivity (Wildman–Crippen MR) is 210 cm³/mol. The van der Waals surface area contributed by atoms with Gasteiger partial charge in [0.25, 0.3) is 0 Å². The molecule has 3 heterocycles. The summed E-state index contributed by atoms with van der Waals surface area (Å²) >= 11 is 0. The van der Waals surface area contributed by atoms with Gasteiger partial charge in [-0.3, -0.25) is 9.59 Å². The Morgan fingerprint density at radius 3 is 1.64 bits per heavy atom. The van der Waals surface area contributed by atoms with Crippen molar-refractivity contribution in [2.45, 2.75) is 49.1 Å². The number of hydrogen-bond donors (Lipinski definition) is 15. The van der Waals surface area contributed by atoms with E-state index in [2.05, 4.69) is 0 Å². The lowest BCUT2D eigenvalue weighted by Gasteiger charge is -2.43. The van der Waals surface area contributed by atoms with E-state index in [9.17, 15) is 110 Å². The number of rotatable bonds is 8. The van der Waals surface area contributed by atoms with E-state index in [4.69, 9.17) is 28.4 Å². The van der Waals surface area contributed by atoms with Gasteiger partial charge in [-0.1, -0.05) is 0 Å². The minimum Gasteiger partial charge on any atom is -0.504 e. The molecule has 2 bridgehead atoms. The van der Waals surface area contributed by atoms with E-state index >= 15 is 0 Å². The van der Waals surface area contributed by atoms with Crippen LogP contribution in [0.1, 0.15) is 59.3 Å². The van der Waals surface area contributed by atoms with Gasteiger partial charge in [0, 0.05) is 16.7 Å². The van der Waals surface area contributed by atoms with E-state index in [0.29, 0.717) is 30.3 Å². The molecular formula is C41H32O28. The monoisotopic (exact) mass is 972 g/mol. The van der Waals surface area contributed by atoms with Crippen molar-refractivity contribution in [3.63, 3.8) is 0 Å². The average molecular weight is 973 g/mol. The number of aromatic hydroxyl groups is 12. The van der Waals surface area contributed by atoms with Gasteiger partial charge in [0.05, 0.1) is 40.5 Å². The van der Waals surface area contributed by atoms with Crippen molar-refractivity contribution in [1.82, 2.24) is 0 Å². The summed E-state index contributed by atoms with van der Waals surface area (Å²) in [7, 11) is 0. The lowest BCUT2D eigenvalue weighted by Crippen LogP contribution is -2.62. The van der Waals surface area contributed by atoms with Crippen LogP contribution in [0.4, 0.5) is 0 Å². The molecule has 3 aliphatic heterocycles. The molecule has 1 fully saturated rings. The first kappa shape index (κ1) is 47.6. The third kappa shape index (κ3) is 8.20. The second-order valence-corrected chi connectivity index (χ2v) is 15.2. The fraction of sp³-hybridized carbons (Fsp3) is 0.244. The molecule has 4 aromatic rings. The van der Waals surface area contributed by atoms with Gasteiger partial charge in [0.1, 0.15) is 12.7 Å². The number of benzene rings is 4. The van der Waals surface area contributed by atoms with Gasteiger partial charge < -0.3 is 105 Å². The van der Waals surface area contributed by atoms with Crippen LogP contribution in [-0.4, -0.2) is 162 Å². The molecule has 28 nitrogen and oxygen atoms in total.